The Hall–Kier alpha value is -1.30. The largest absolute Gasteiger partial charge is 0.391 e. The van der Waals surface area contributed by atoms with Crippen LogP contribution in [-0.4, -0.2) is 67.2 Å². The summed E-state index contributed by atoms with van der Waals surface area (Å²) in [5, 5.41) is 13.4. The highest BCUT2D eigenvalue weighted by Crippen LogP contribution is 2.26. The second kappa shape index (κ2) is 6.64. The van der Waals surface area contributed by atoms with Crippen molar-refractivity contribution in [2.75, 3.05) is 39.5 Å². The lowest BCUT2D eigenvalue weighted by atomic mass is 10.1. The maximum absolute atomic E-state index is 12.8. The minimum absolute atomic E-state index is 0.0196. The van der Waals surface area contributed by atoms with Crippen LogP contribution in [0.25, 0.3) is 0 Å². The molecule has 116 valence electrons. The van der Waals surface area contributed by atoms with E-state index >= 15 is 0 Å². The van der Waals surface area contributed by atoms with Gasteiger partial charge in [-0.1, -0.05) is 11.6 Å². The number of aliphatic hydroxyl groups is 1. The van der Waals surface area contributed by atoms with Crippen molar-refractivity contribution in [3.63, 3.8) is 0 Å². The summed E-state index contributed by atoms with van der Waals surface area (Å²) in [6, 6.07) is 5.24. The van der Waals surface area contributed by atoms with Gasteiger partial charge in [0.2, 0.25) is 0 Å². The number of carbonyl (C=O) groups excluding carboxylic acids is 1. The van der Waals surface area contributed by atoms with Crippen molar-refractivity contribution in [1.29, 1.82) is 0 Å². The zero-order chi connectivity index (χ0) is 15.6. The molecule has 0 radical (unpaired) electrons. The van der Waals surface area contributed by atoms with Gasteiger partial charge in [-0.05, 0) is 38.7 Å². The number of rotatable bonds is 4. The summed E-state index contributed by atoms with van der Waals surface area (Å²) in [4.78, 5) is 16.6. The van der Waals surface area contributed by atoms with E-state index in [2.05, 4.69) is 5.32 Å². The van der Waals surface area contributed by atoms with Gasteiger partial charge in [0.25, 0.3) is 5.91 Å². The number of carbonyl (C=O) groups is 1. The van der Waals surface area contributed by atoms with Gasteiger partial charge >= 0.3 is 0 Å². The molecule has 1 amide bonds. The first-order chi connectivity index (χ1) is 9.92. The van der Waals surface area contributed by atoms with E-state index in [1.807, 2.05) is 19.0 Å². The molecule has 2 atom stereocenters. The molecule has 1 saturated heterocycles. The van der Waals surface area contributed by atoms with Crippen molar-refractivity contribution in [2.45, 2.75) is 18.6 Å². The van der Waals surface area contributed by atoms with Crippen LogP contribution in [-0.2, 0) is 0 Å². The van der Waals surface area contributed by atoms with Crippen LogP contribution in [0.4, 0.5) is 5.69 Å². The molecular weight excluding hydrogens is 290 g/mol. The monoisotopic (exact) mass is 311 g/mol. The lowest BCUT2D eigenvalue weighted by Gasteiger charge is -2.27. The van der Waals surface area contributed by atoms with Gasteiger partial charge in [0, 0.05) is 36.9 Å². The van der Waals surface area contributed by atoms with Crippen LogP contribution in [0.2, 0.25) is 5.02 Å². The minimum atomic E-state index is -0.462. The lowest BCUT2D eigenvalue weighted by Crippen LogP contribution is -2.41. The number of hydrogen-bond acceptors (Lipinski definition) is 4. The molecule has 5 nitrogen and oxygen atoms in total. The van der Waals surface area contributed by atoms with Gasteiger partial charge in [-0.3, -0.25) is 4.79 Å². The zero-order valence-corrected chi connectivity index (χ0v) is 13.4. The van der Waals surface area contributed by atoms with Crippen LogP contribution in [0.5, 0.6) is 0 Å². The van der Waals surface area contributed by atoms with E-state index in [0.29, 0.717) is 23.6 Å². The summed E-state index contributed by atoms with van der Waals surface area (Å²) < 4.78 is 0. The number of nitrogens with one attached hydrogen (secondary N) is 1. The molecule has 1 aromatic rings. The van der Waals surface area contributed by atoms with E-state index < -0.39 is 6.10 Å². The van der Waals surface area contributed by atoms with Gasteiger partial charge in [0.15, 0.2) is 0 Å². The highest BCUT2D eigenvalue weighted by molar-refractivity contribution is 6.31. The number of hydrogen-bond donors (Lipinski definition) is 2. The van der Waals surface area contributed by atoms with E-state index in [-0.39, 0.29) is 11.9 Å². The van der Waals surface area contributed by atoms with Crippen molar-refractivity contribution in [2.24, 2.45) is 0 Å². The summed E-state index contributed by atoms with van der Waals surface area (Å²) in [6.07, 6.45) is 0.149. The zero-order valence-electron chi connectivity index (χ0n) is 12.6. The smallest absolute Gasteiger partial charge is 0.256 e. The van der Waals surface area contributed by atoms with Crippen LogP contribution in [0.3, 0.4) is 0 Å². The van der Waals surface area contributed by atoms with Crippen molar-refractivity contribution in [1.82, 2.24) is 9.80 Å². The number of β-amino-alcohol motifs (C(OH)–C–C–N with tert-alkyl or cyclic N) is 1. The van der Waals surface area contributed by atoms with E-state index in [4.69, 9.17) is 11.6 Å². The fourth-order valence-corrected chi connectivity index (χ4v) is 2.97. The molecule has 1 aliphatic rings. The van der Waals surface area contributed by atoms with E-state index in [1.54, 1.807) is 30.1 Å². The third kappa shape index (κ3) is 3.67. The van der Waals surface area contributed by atoms with Gasteiger partial charge in [0.1, 0.15) is 0 Å². The number of benzene rings is 1. The first-order valence-electron chi connectivity index (χ1n) is 7.03. The fourth-order valence-electron chi connectivity index (χ4n) is 2.80. The maximum atomic E-state index is 12.8. The van der Waals surface area contributed by atoms with Gasteiger partial charge in [-0.15, -0.1) is 0 Å². The Kier molecular flexibility index (Phi) is 5.08. The number of aliphatic hydroxyl groups excluding tert-OH is 1. The van der Waals surface area contributed by atoms with Crippen molar-refractivity contribution >= 4 is 23.2 Å². The summed E-state index contributed by atoms with van der Waals surface area (Å²) in [5.41, 5.74) is 1.29. The second-order valence-corrected chi connectivity index (χ2v) is 6.14. The van der Waals surface area contributed by atoms with E-state index in [1.165, 1.54) is 0 Å². The van der Waals surface area contributed by atoms with Gasteiger partial charge in [-0.25, -0.2) is 0 Å². The molecule has 6 heteroatoms. The number of anilines is 1. The number of likely N-dealkylation sites (tertiary alicyclic amines) is 1. The maximum Gasteiger partial charge on any atom is 0.256 e. The molecule has 1 aliphatic heterocycles. The van der Waals surface area contributed by atoms with Crippen LogP contribution in [0.1, 0.15) is 16.8 Å². The van der Waals surface area contributed by atoms with Crippen LogP contribution >= 0.6 is 11.6 Å². The van der Waals surface area contributed by atoms with Crippen molar-refractivity contribution in [3.8, 4) is 0 Å². The molecule has 0 spiro atoms. The average molecular weight is 312 g/mol. The molecule has 1 heterocycles. The highest BCUT2D eigenvalue weighted by Gasteiger charge is 2.35. The molecule has 2 rings (SSSR count). The fraction of sp³-hybridized carbons (Fsp3) is 0.533. The Morgan fingerprint density at radius 2 is 2.24 bits per heavy atom. The lowest BCUT2D eigenvalue weighted by molar-refractivity contribution is 0.0700. The summed E-state index contributed by atoms with van der Waals surface area (Å²) in [5.74, 6) is -0.0924. The Morgan fingerprint density at radius 3 is 2.86 bits per heavy atom. The Balaban J connectivity index is 2.27. The number of halogens is 1. The van der Waals surface area contributed by atoms with Crippen molar-refractivity contribution in [3.05, 3.63) is 28.8 Å². The predicted octanol–water partition coefficient (Wildman–Crippen LogP) is 1.52. The third-order valence-corrected chi connectivity index (χ3v) is 3.95. The van der Waals surface area contributed by atoms with Gasteiger partial charge < -0.3 is 20.2 Å². The molecule has 21 heavy (non-hydrogen) atoms. The highest BCUT2D eigenvalue weighted by atomic mass is 35.5. The van der Waals surface area contributed by atoms with Crippen LogP contribution in [0, 0.1) is 0 Å². The minimum Gasteiger partial charge on any atom is -0.391 e. The summed E-state index contributed by atoms with van der Waals surface area (Å²) in [7, 11) is 5.70. The number of amides is 1. The second-order valence-electron chi connectivity index (χ2n) is 5.70. The molecule has 2 N–H and O–H groups in total. The Bertz CT molecular complexity index is 522. The number of nitrogens with zero attached hydrogens (tertiary/aromatic N) is 2. The SMILES string of the molecule is CNc1ccc(Cl)cc1C(=O)N1CC(O)CC1CN(C)C. The molecule has 0 bridgehead atoms. The summed E-state index contributed by atoms with van der Waals surface area (Å²) in [6.45, 7) is 1.10. The molecule has 0 aromatic heterocycles. The van der Waals surface area contributed by atoms with E-state index in [0.717, 1.165) is 12.2 Å². The predicted molar refractivity (Wildman–Crippen MR) is 85.0 cm³/mol. The Morgan fingerprint density at radius 1 is 1.52 bits per heavy atom. The normalized spacial score (nSPS) is 21.9. The van der Waals surface area contributed by atoms with Crippen LogP contribution in [0.15, 0.2) is 18.2 Å². The first-order valence-corrected chi connectivity index (χ1v) is 7.41. The number of likely N-dealkylation sites (N-methyl/N-ethyl adjacent to an activating group) is 1. The standard InChI is InChI=1S/C15H22ClN3O2/c1-17-14-5-4-10(16)6-13(14)15(21)19-9-12(20)7-11(19)8-18(2)3/h4-6,11-12,17,20H,7-9H2,1-3H3. The summed E-state index contributed by atoms with van der Waals surface area (Å²) >= 11 is 6.02. The molecular formula is C15H22ClN3O2. The Labute approximate surface area is 130 Å². The molecule has 0 saturated carbocycles. The quantitative estimate of drug-likeness (QED) is 0.885. The third-order valence-electron chi connectivity index (χ3n) is 3.71. The topological polar surface area (TPSA) is 55.8 Å². The van der Waals surface area contributed by atoms with Crippen LogP contribution < -0.4 is 5.32 Å². The average Bonchev–Trinajstić information content (AvgIpc) is 2.77. The van der Waals surface area contributed by atoms with E-state index in [9.17, 15) is 9.90 Å². The molecule has 1 aromatic carbocycles. The van der Waals surface area contributed by atoms with Crippen molar-refractivity contribution < 1.29 is 9.90 Å². The molecule has 1 fully saturated rings. The first kappa shape index (κ1) is 16.1. The molecule has 2 unspecified atom stereocenters. The van der Waals surface area contributed by atoms with Gasteiger partial charge in [-0.2, -0.15) is 0 Å². The van der Waals surface area contributed by atoms with Gasteiger partial charge in [0.05, 0.1) is 11.7 Å². The molecule has 0 aliphatic carbocycles.